The zero-order valence-electron chi connectivity index (χ0n) is 5.95. The molecule has 0 bridgehead atoms. The first-order valence-corrected chi connectivity index (χ1v) is 2.96. The van der Waals surface area contributed by atoms with Gasteiger partial charge in [-0.1, -0.05) is 0 Å². The molecule has 0 radical (unpaired) electrons. The molecular weight excluding hydrogens is 132 g/mol. The van der Waals surface area contributed by atoms with Gasteiger partial charge >= 0.3 is 0 Å². The predicted molar refractivity (Wildman–Crippen MR) is 38.1 cm³/mol. The highest BCUT2D eigenvalue weighted by Crippen LogP contribution is 1.89. The number of nitrogens with one attached hydrogen (secondary N) is 1. The van der Waals surface area contributed by atoms with Gasteiger partial charge in [0.2, 0.25) is 0 Å². The summed E-state index contributed by atoms with van der Waals surface area (Å²) in [4.78, 5) is 11.7. The molecule has 0 saturated heterocycles. The average molecular weight is 144 g/mol. The minimum atomic E-state index is 0.490. The molecule has 10 heavy (non-hydrogen) atoms. The van der Waals surface area contributed by atoms with Gasteiger partial charge in [-0.05, 0) is 0 Å². The smallest absolute Gasteiger partial charge is 0.139 e. The summed E-state index contributed by atoms with van der Waals surface area (Å²) in [5, 5.41) is 9.94. The molecule has 0 aromatic heterocycles. The minimum Gasteiger partial charge on any atom is -0.400 e. The molecule has 4 heteroatoms. The van der Waals surface area contributed by atoms with Crippen LogP contribution in [0.5, 0.6) is 0 Å². The maximum absolute atomic E-state index is 9.86. The number of hydrogen-bond acceptors (Lipinski definition) is 4. The van der Waals surface area contributed by atoms with Crippen molar-refractivity contribution in [3.63, 3.8) is 0 Å². The van der Waals surface area contributed by atoms with Crippen molar-refractivity contribution < 1.29 is 9.90 Å². The lowest BCUT2D eigenvalue weighted by atomic mass is 10.6. The first-order chi connectivity index (χ1) is 4.93. The number of aldehydes is 1. The second-order valence-electron chi connectivity index (χ2n) is 1.62. The first-order valence-electron chi connectivity index (χ1n) is 2.96. The van der Waals surface area contributed by atoms with Crippen molar-refractivity contribution in [3.8, 4) is 0 Å². The molecule has 0 aromatic rings. The Labute approximate surface area is 60.1 Å². The van der Waals surface area contributed by atoms with Crippen LogP contribution in [-0.2, 0) is 4.79 Å². The third-order valence-corrected chi connectivity index (χ3v) is 1.01. The molecule has 0 spiro atoms. The molecule has 1 aliphatic heterocycles. The van der Waals surface area contributed by atoms with Crippen molar-refractivity contribution in [2.45, 2.75) is 0 Å². The Hall–Kier alpha value is -1.03. The summed E-state index contributed by atoms with van der Waals surface area (Å²) in [5.74, 6) is 0. The predicted octanol–water partition coefficient (Wildman–Crippen LogP) is -0.872. The standard InChI is InChI=1S/C5H8N2O.CH4O/c8-4-3-7-2-1-6-5-7;1-2/h1-2,4,6H,3,5H2;2H,1H3. The van der Waals surface area contributed by atoms with E-state index in [4.69, 9.17) is 5.11 Å². The Balaban J connectivity index is 0.000000371. The van der Waals surface area contributed by atoms with Gasteiger partial charge in [0.1, 0.15) is 6.29 Å². The van der Waals surface area contributed by atoms with Gasteiger partial charge in [-0.25, -0.2) is 0 Å². The molecule has 58 valence electrons. The van der Waals surface area contributed by atoms with E-state index < -0.39 is 0 Å². The maximum atomic E-state index is 9.86. The van der Waals surface area contributed by atoms with Crippen LogP contribution in [0.3, 0.4) is 0 Å². The van der Waals surface area contributed by atoms with Gasteiger partial charge in [0.25, 0.3) is 0 Å². The number of aliphatic hydroxyl groups is 1. The second kappa shape index (κ2) is 6.10. The van der Waals surface area contributed by atoms with Crippen LogP contribution < -0.4 is 5.32 Å². The zero-order chi connectivity index (χ0) is 7.82. The molecule has 1 aliphatic rings. The van der Waals surface area contributed by atoms with Gasteiger partial charge in [0.05, 0.1) is 13.2 Å². The lowest BCUT2D eigenvalue weighted by Gasteiger charge is -2.08. The molecule has 0 saturated carbocycles. The number of rotatable bonds is 2. The monoisotopic (exact) mass is 144 g/mol. The van der Waals surface area contributed by atoms with Crippen LogP contribution in [0.1, 0.15) is 0 Å². The van der Waals surface area contributed by atoms with Crippen LogP contribution >= 0.6 is 0 Å². The Morgan fingerprint density at radius 1 is 1.80 bits per heavy atom. The normalized spacial score (nSPS) is 13.6. The summed E-state index contributed by atoms with van der Waals surface area (Å²) in [6.45, 7) is 1.25. The summed E-state index contributed by atoms with van der Waals surface area (Å²) >= 11 is 0. The van der Waals surface area contributed by atoms with Crippen LogP contribution in [0.2, 0.25) is 0 Å². The van der Waals surface area contributed by atoms with Crippen molar-refractivity contribution >= 4 is 6.29 Å². The molecule has 0 aromatic carbocycles. The lowest BCUT2D eigenvalue weighted by Crippen LogP contribution is -2.22. The number of hydrogen-bond donors (Lipinski definition) is 2. The first kappa shape index (κ1) is 8.97. The van der Waals surface area contributed by atoms with Crippen LogP contribution in [-0.4, -0.2) is 36.6 Å². The highest BCUT2D eigenvalue weighted by Gasteiger charge is 1.98. The number of carbonyl (C=O) groups excluding carboxylic acids is 1. The largest absolute Gasteiger partial charge is 0.400 e. The molecule has 0 aliphatic carbocycles. The Morgan fingerprint density at radius 2 is 2.50 bits per heavy atom. The molecular formula is C6H12N2O2. The van der Waals surface area contributed by atoms with Gasteiger partial charge < -0.3 is 20.1 Å². The van der Waals surface area contributed by atoms with E-state index in [1.165, 1.54) is 0 Å². The van der Waals surface area contributed by atoms with Crippen LogP contribution in [0.25, 0.3) is 0 Å². The highest BCUT2D eigenvalue weighted by atomic mass is 16.2. The Bertz CT molecular complexity index is 114. The number of carbonyl (C=O) groups is 1. The summed E-state index contributed by atoms with van der Waals surface area (Å²) in [6.07, 6.45) is 4.56. The van der Waals surface area contributed by atoms with Crippen LogP contribution in [0, 0.1) is 0 Å². The Morgan fingerprint density at radius 3 is 2.90 bits per heavy atom. The van der Waals surface area contributed by atoms with Crippen molar-refractivity contribution in [1.29, 1.82) is 0 Å². The molecule has 0 fully saturated rings. The third-order valence-electron chi connectivity index (χ3n) is 1.01. The van der Waals surface area contributed by atoms with Gasteiger partial charge in [-0.15, -0.1) is 0 Å². The van der Waals surface area contributed by atoms with E-state index in [-0.39, 0.29) is 0 Å². The van der Waals surface area contributed by atoms with E-state index >= 15 is 0 Å². The quantitative estimate of drug-likeness (QED) is 0.494. The topological polar surface area (TPSA) is 52.6 Å². The summed E-state index contributed by atoms with van der Waals surface area (Å²) in [5.41, 5.74) is 0. The molecule has 2 N–H and O–H groups in total. The van der Waals surface area contributed by atoms with E-state index in [1.54, 1.807) is 0 Å². The van der Waals surface area contributed by atoms with E-state index in [9.17, 15) is 4.79 Å². The van der Waals surface area contributed by atoms with Crippen LogP contribution in [0.4, 0.5) is 0 Å². The van der Waals surface area contributed by atoms with E-state index in [2.05, 4.69) is 5.32 Å². The molecule has 0 atom stereocenters. The molecule has 1 heterocycles. The van der Waals surface area contributed by atoms with Gasteiger partial charge in [-0.2, -0.15) is 0 Å². The lowest BCUT2D eigenvalue weighted by molar-refractivity contribution is -0.108. The Kier molecular flexibility index (Phi) is 5.47. The summed E-state index contributed by atoms with van der Waals surface area (Å²) < 4.78 is 0. The van der Waals surface area contributed by atoms with Crippen molar-refractivity contribution in [3.05, 3.63) is 12.4 Å². The second-order valence-corrected chi connectivity index (χ2v) is 1.62. The molecule has 1 rings (SSSR count). The van der Waals surface area contributed by atoms with Crippen molar-refractivity contribution in [2.24, 2.45) is 0 Å². The summed E-state index contributed by atoms with van der Waals surface area (Å²) in [7, 11) is 1.00. The fraction of sp³-hybridized carbons (Fsp3) is 0.500. The zero-order valence-corrected chi connectivity index (χ0v) is 5.95. The van der Waals surface area contributed by atoms with Crippen molar-refractivity contribution in [1.82, 2.24) is 10.2 Å². The third kappa shape index (κ3) is 3.09. The van der Waals surface area contributed by atoms with Gasteiger partial charge in [0.15, 0.2) is 0 Å². The minimum absolute atomic E-state index is 0.490. The maximum Gasteiger partial charge on any atom is 0.139 e. The molecule has 4 nitrogen and oxygen atoms in total. The van der Waals surface area contributed by atoms with E-state index in [1.807, 2.05) is 17.3 Å². The van der Waals surface area contributed by atoms with Crippen LogP contribution in [0.15, 0.2) is 12.4 Å². The van der Waals surface area contributed by atoms with Gasteiger partial charge in [-0.3, -0.25) is 0 Å². The van der Waals surface area contributed by atoms with E-state index in [0.717, 1.165) is 20.1 Å². The molecule has 0 amide bonds. The SMILES string of the molecule is CO.O=CCN1C=CNC1. The van der Waals surface area contributed by atoms with E-state index in [0.29, 0.717) is 6.54 Å². The fourth-order valence-corrected chi connectivity index (χ4v) is 0.602. The summed E-state index contributed by atoms with van der Waals surface area (Å²) in [6, 6.07) is 0. The highest BCUT2D eigenvalue weighted by molar-refractivity contribution is 5.52. The fourth-order valence-electron chi connectivity index (χ4n) is 0.602. The van der Waals surface area contributed by atoms with Crippen molar-refractivity contribution in [2.75, 3.05) is 20.3 Å². The number of aliphatic hydroxyl groups excluding tert-OH is 1. The average Bonchev–Trinajstić information content (AvgIpc) is 2.46. The number of nitrogens with zero attached hydrogens (tertiary/aromatic N) is 1. The van der Waals surface area contributed by atoms with Gasteiger partial charge in [0, 0.05) is 19.5 Å². The molecule has 0 unspecified atom stereocenters.